The summed E-state index contributed by atoms with van der Waals surface area (Å²) in [5, 5.41) is 9.03. The molecule has 0 radical (unpaired) electrons. The highest BCUT2D eigenvalue weighted by Gasteiger charge is 2.21. The van der Waals surface area contributed by atoms with Crippen LogP contribution in [0.2, 0.25) is 0 Å². The molecule has 0 saturated carbocycles. The van der Waals surface area contributed by atoms with Gasteiger partial charge in [0.1, 0.15) is 5.75 Å². The van der Waals surface area contributed by atoms with Crippen molar-refractivity contribution in [1.82, 2.24) is 4.90 Å². The summed E-state index contributed by atoms with van der Waals surface area (Å²) < 4.78 is 10.5. The molecule has 2 aromatic carbocycles. The molecule has 1 aliphatic heterocycles. The van der Waals surface area contributed by atoms with Gasteiger partial charge in [0.25, 0.3) is 5.91 Å². The Morgan fingerprint density at radius 2 is 1.81 bits per heavy atom. The molecule has 0 unspecified atom stereocenters. The predicted octanol–water partition coefficient (Wildman–Crippen LogP) is 2.29. The van der Waals surface area contributed by atoms with E-state index in [1.165, 1.54) is 18.2 Å². The second-order valence-electron chi connectivity index (χ2n) is 6.53. The molecule has 6 heteroatoms. The third-order valence-corrected chi connectivity index (χ3v) is 4.75. The summed E-state index contributed by atoms with van der Waals surface area (Å²) in [6.45, 7) is 1.30. The number of amides is 1. The van der Waals surface area contributed by atoms with Gasteiger partial charge in [-0.25, -0.2) is 4.79 Å². The molecule has 0 saturated heterocycles. The number of carboxylic acid groups (broad SMARTS) is 1. The van der Waals surface area contributed by atoms with E-state index in [1.807, 2.05) is 17.0 Å². The maximum absolute atomic E-state index is 12.4. The van der Waals surface area contributed by atoms with Gasteiger partial charge in [0, 0.05) is 26.6 Å². The highest BCUT2D eigenvalue weighted by molar-refractivity contribution is 5.78. The molecule has 6 nitrogen and oxygen atoms in total. The number of fused-ring (bicyclic) bond motifs is 1. The van der Waals surface area contributed by atoms with Gasteiger partial charge >= 0.3 is 5.97 Å². The van der Waals surface area contributed by atoms with E-state index >= 15 is 0 Å². The van der Waals surface area contributed by atoms with Gasteiger partial charge in [0.2, 0.25) is 0 Å². The van der Waals surface area contributed by atoms with E-state index in [2.05, 4.69) is 12.1 Å². The van der Waals surface area contributed by atoms with Crippen molar-refractivity contribution >= 4 is 11.9 Å². The predicted molar refractivity (Wildman–Crippen MR) is 99.6 cm³/mol. The van der Waals surface area contributed by atoms with Crippen molar-refractivity contribution in [1.29, 1.82) is 0 Å². The fourth-order valence-electron chi connectivity index (χ4n) is 3.15. The van der Waals surface area contributed by atoms with E-state index in [4.69, 9.17) is 14.6 Å². The number of hydrogen-bond acceptors (Lipinski definition) is 4. The zero-order chi connectivity index (χ0) is 19.2. The lowest BCUT2D eigenvalue weighted by molar-refractivity contribution is -0.148. The van der Waals surface area contributed by atoms with Crippen LogP contribution in [0.3, 0.4) is 0 Å². The molecule has 0 fully saturated rings. The van der Waals surface area contributed by atoms with Crippen LogP contribution in [0, 0.1) is 0 Å². The van der Waals surface area contributed by atoms with Crippen LogP contribution in [-0.2, 0) is 33.7 Å². The lowest BCUT2D eigenvalue weighted by atomic mass is 10.00. The fraction of sp³-hybridized carbons (Fsp3) is 0.333. The summed E-state index contributed by atoms with van der Waals surface area (Å²) in [4.78, 5) is 25.3. The molecule has 1 amide bonds. The number of nitrogens with zero attached hydrogens (tertiary/aromatic N) is 1. The van der Waals surface area contributed by atoms with E-state index < -0.39 is 12.1 Å². The van der Waals surface area contributed by atoms with Crippen molar-refractivity contribution in [2.75, 3.05) is 20.3 Å². The fourth-order valence-corrected chi connectivity index (χ4v) is 3.15. The van der Waals surface area contributed by atoms with E-state index in [-0.39, 0.29) is 18.9 Å². The number of carbonyl (C=O) groups excluding carboxylic acids is 1. The van der Waals surface area contributed by atoms with Gasteiger partial charge in [0.15, 0.2) is 12.7 Å². The van der Waals surface area contributed by atoms with Crippen LogP contribution < -0.4 is 4.74 Å². The molecule has 3 rings (SSSR count). The first kappa shape index (κ1) is 18.9. The third kappa shape index (κ3) is 4.86. The maximum atomic E-state index is 12.4. The number of ether oxygens (including phenoxy) is 2. The van der Waals surface area contributed by atoms with Crippen molar-refractivity contribution < 1.29 is 24.2 Å². The Kier molecular flexibility index (Phi) is 6.08. The van der Waals surface area contributed by atoms with Crippen LogP contribution in [0.25, 0.3) is 0 Å². The lowest BCUT2D eigenvalue weighted by Crippen LogP contribution is -2.38. The zero-order valence-corrected chi connectivity index (χ0v) is 15.3. The molecule has 0 aliphatic carbocycles. The summed E-state index contributed by atoms with van der Waals surface area (Å²) in [5.41, 5.74) is 3.32. The van der Waals surface area contributed by atoms with Gasteiger partial charge in [0.05, 0.1) is 0 Å². The number of benzene rings is 2. The number of carboxylic acids is 1. The maximum Gasteiger partial charge on any atom is 0.333 e. The molecular formula is C21H23NO5. The molecule has 0 spiro atoms. The van der Waals surface area contributed by atoms with Crippen molar-refractivity contribution in [2.24, 2.45) is 0 Å². The molecular weight excluding hydrogens is 346 g/mol. The van der Waals surface area contributed by atoms with Crippen molar-refractivity contribution in [3.05, 3.63) is 65.2 Å². The number of rotatable bonds is 7. The molecule has 142 valence electrons. The minimum Gasteiger partial charge on any atom is -0.484 e. The normalized spacial score (nSPS) is 14.3. The molecule has 1 aliphatic rings. The Balaban J connectivity index is 1.51. The summed E-state index contributed by atoms with van der Waals surface area (Å²) in [6, 6.07) is 15.2. The Morgan fingerprint density at radius 1 is 1.11 bits per heavy atom. The second kappa shape index (κ2) is 8.68. The van der Waals surface area contributed by atoms with E-state index in [9.17, 15) is 9.59 Å². The number of hydrogen-bond donors (Lipinski definition) is 1. The van der Waals surface area contributed by atoms with Crippen molar-refractivity contribution in [2.45, 2.75) is 25.5 Å². The molecule has 27 heavy (non-hydrogen) atoms. The topological polar surface area (TPSA) is 76.1 Å². The quantitative estimate of drug-likeness (QED) is 0.810. The number of methoxy groups -OCH3 is 1. The average molecular weight is 369 g/mol. The van der Waals surface area contributed by atoms with E-state index in [1.54, 1.807) is 24.3 Å². The van der Waals surface area contributed by atoms with Crippen LogP contribution in [0.1, 0.15) is 16.7 Å². The van der Waals surface area contributed by atoms with Gasteiger partial charge in [-0.05, 0) is 35.2 Å². The van der Waals surface area contributed by atoms with Crippen LogP contribution in [0.4, 0.5) is 0 Å². The van der Waals surface area contributed by atoms with Gasteiger partial charge in [-0.2, -0.15) is 0 Å². The van der Waals surface area contributed by atoms with Crippen LogP contribution in [-0.4, -0.2) is 48.2 Å². The van der Waals surface area contributed by atoms with Gasteiger partial charge in [-0.3, -0.25) is 4.79 Å². The second-order valence-corrected chi connectivity index (χ2v) is 6.53. The molecule has 2 aromatic rings. The Bertz CT molecular complexity index is 802. The Labute approximate surface area is 158 Å². The molecule has 1 heterocycles. The van der Waals surface area contributed by atoms with E-state index in [0.717, 1.165) is 12.0 Å². The standard InChI is InChI=1S/C21H23NO5/c1-26-19(21(24)25)12-15-6-8-18(9-7-15)27-14-20(23)22-11-10-16-4-2-3-5-17(16)13-22/h2-9,19H,10-14H2,1H3,(H,24,25)/t19-/m0/s1. The Hall–Kier alpha value is -2.86. The monoisotopic (exact) mass is 369 g/mol. The first-order valence-corrected chi connectivity index (χ1v) is 8.88. The van der Waals surface area contributed by atoms with Crippen LogP contribution >= 0.6 is 0 Å². The largest absolute Gasteiger partial charge is 0.484 e. The summed E-state index contributed by atoms with van der Waals surface area (Å²) in [7, 11) is 1.38. The van der Waals surface area contributed by atoms with Gasteiger partial charge < -0.3 is 19.5 Å². The zero-order valence-electron chi connectivity index (χ0n) is 15.3. The minimum absolute atomic E-state index is 0.0165. The van der Waals surface area contributed by atoms with Crippen molar-refractivity contribution in [3.8, 4) is 5.75 Å². The smallest absolute Gasteiger partial charge is 0.333 e. The highest BCUT2D eigenvalue weighted by Crippen LogP contribution is 2.19. The minimum atomic E-state index is -0.994. The number of aliphatic carboxylic acids is 1. The number of carbonyl (C=O) groups is 2. The third-order valence-electron chi connectivity index (χ3n) is 4.75. The van der Waals surface area contributed by atoms with Crippen LogP contribution in [0.5, 0.6) is 5.75 Å². The summed E-state index contributed by atoms with van der Waals surface area (Å²) >= 11 is 0. The first-order chi connectivity index (χ1) is 13.1. The molecule has 1 N–H and O–H groups in total. The highest BCUT2D eigenvalue weighted by atomic mass is 16.5. The Morgan fingerprint density at radius 3 is 2.48 bits per heavy atom. The SMILES string of the molecule is CO[C@@H](Cc1ccc(OCC(=O)N2CCc3ccccc3C2)cc1)C(=O)O. The van der Waals surface area contributed by atoms with Crippen molar-refractivity contribution in [3.63, 3.8) is 0 Å². The lowest BCUT2D eigenvalue weighted by Gasteiger charge is -2.28. The van der Waals surface area contributed by atoms with Gasteiger partial charge in [-0.15, -0.1) is 0 Å². The summed E-state index contributed by atoms with van der Waals surface area (Å²) in [6.07, 6.45) is 0.263. The first-order valence-electron chi connectivity index (χ1n) is 8.88. The summed E-state index contributed by atoms with van der Waals surface area (Å²) in [5.74, 6) is -0.459. The average Bonchev–Trinajstić information content (AvgIpc) is 2.70. The molecule has 1 atom stereocenters. The molecule has 0 bridgehead atoms. The van der Waals surface area contributed by atoms with E-state index in [0.29, 0.717) is 18.8 Å². The van der Waals surface area contributed by atoms with Crippen LogP contribution in [0.15, 0.2) is 48.5 Å². The van der Waals surface area contributed by atoms with Gasteiger partial charge in [-0.1, -0.05) is 36.4 Å². The molecule has 0 aromatic heterocycles.